The van der Waals surface area contributed by atoms with Crippen molar-refractivity contribution >= 4 is 18.1 Å². The first-order valence-electron chi connectivity index (χ1n) is 10.3. The number of hydrogen-bond acceptors (Lipinski definition) is 5. The topological polar surface area (TPSA) is 68.7 Å². The number of piperidine rings is 1. The Morgan fingerprint density at radius 2 is 2.29 bits per heavy atom. The molecule has 0 radical (unpaired) electrons. The molecular formula is C22H28N2O4. The number of carbonyl (C=O) groups excluding carboxylic acids is 2. The highest BCUT2D eigenvalue weighted by Gasteiger charge is 2.54. The molecule has 2 aliphatic heterocycles. The van der Waals surface area contributed by atoms with Crippen LogP contribution in [-0.4, -0.2) is 47.7 Å². The number of ether oxygens (including phenoxy) is 2. The molecule has 0 bridgehead atoms. The molecule has 3 aliphatic rings. The molecule has 3 heterocycles. The van der Waals surface area contributed by atoms with E-state index in [1.54, 1.807) is 11.1 Å². The molecule has 6 nitrogen and oxygen atoms in total. The molecule has 0 spiro atoms. The second kappa shape index (κ2) is 7.94. The smallest absolute Gasteiger partial charge is 0.409 e. The Morgan fingerprint density at radius 3 is 3.04 bits per heavy atom. The number of allylic oxidation sites excluding steroid dienone is 1. The lowest BCUT2D eigenvalue weighted by Crippen LogP contribution is -2.51. The Bertz CT molecular complexity index is 750. The predicted octanol–water partition coefficient (Wildman–Crippen LogP) is 3.39. The fourth-order valence-electron chi connectivity index (χ4n) is 5.42. The predicted molar refractivity (Wildman–Crippen MR) is 104 cm³/mol. The van der Waals surface area contributed by atoms with Crippen LogP contribution in [0.4, 0.5) is 4.79 Å². The molecule has 2 saturated heterocycles. The van der Waals surface area contributed by atoms with Crippen LogP contribution in [0.5, 0.6) is 0 Å². The van der Waals surface area contributed by atoms with Crippen molar-refractivity contribution < 1.29 is 19.1 Å². The number of aromatic nitrogens is 1. The van der Waals surface area contributed by atoms with E-state index in [4.69, 9.17) is 9.47 Å². The monoisotopic (exact) mass is 384 g/mol. The van der Waals surface area contributed by atoms with Crippen molar-refractivity contribution in [1.82, 2.24) is 9.88 Å². The van der Waals surface area contributed by atoms with Crippen LogP contribution in [0.3, 0.4) is 0 Å². The van der Waals surface area contributed by atoms with Crippen LogP contribution < -0.4 is 0 Å². The van der Waals surface area contributed by atoms with Crippen molar-refractivity contribution in [2.45, 2.75) is 32.8 Å². The number of hydrogen-bond donors (Lipinski definition) is 0. The molecule has 6 heteroatoms. The Labute approximate surface area is 165 Å². The van der Waals surface area contributed by atoms with Gasteiger partial charge in [0.1, 0.15) is 6.10 Å². The van der Waals surface area contributed by atoms with Gasteiger partial charge in [-0.2, -0.15) is 0 Å². The summed E-state index contributed by atoms with van der Waals surface area (Å²) >= 11 is 0. The molecule has 1 aromatic rings. The molecule has 4 rings (SSSR count). The van der Waals surface area contributed by atoms with Gasteiger partial charge < -0.3 is 14.4 Å². The molecule has 6 atom stereocenters. The zero-order valence-corrected chi connectivity index (χ0v) is 16.5. The summed E-state index contributed by atoms with van der Waals surface area (Å²) in [6.07, 6.45) is 7.49. The van der Waals surface area contributed by atoms with Gasteiger partial charge in [0.15, 0.2) is 0 Å². The minimum absolute atomic E-state index is 0.0695. The highest BCUT2D eigenvalue weighted by molar-refractivity contribution is 5.76. The van der Waals surface area contributed by atoms with E-state index in [1.165, 1.54) is 0 Å². The summed E-state index contributed by atoms with van der Waals surface area (Å²) in [5.41, 5.74) is 0.919. The van der Waals surface area contributed by atoms with Crippen molar-refractivity contribution in [3.05, 3.63) is 36.2 Å². The number of carbonyl (C=O) groups is 2. The molecule has 28 heavy (non-hydrogen) atoms. The molecule has 1 saturated carbocycles. The van der Waals surface area contributed by atoms with Gasteiger partial charge in [-0.3, -0.25) is 9.78 Å². The maximum atomic E-state index is 12.5. The Morgan fingerprint density at radius 1 is 1.43 bits per heavy atom. The van der Waals surface area contributed by atoms with Crippen molar-refractivity contribution in [3.63, 3.8) is 0 Å². The summed E-state index contributed by atoms with van der Waals surface area (Å²) in [5.74, 6) is 0.996. The van der Waals surface area contributed by atoms with Gasteiger partial charge in [0.25, 0.3) is 0 Å². The van der Waals surface area contributed by atoms with Crippen LogP contribution >= 0.6 is 0 Å². The van der Waals surface area contributed by atoms with E-state index in [1.807, 2.05) is 32.0 Å². The maximum Gasteiger partial charge on any atom is 0.409 e. The molecule has 0 unspecified atom stereocenters. The van der Waals surface area contributed by atoms with E-state index in [9.17, 15) is 9.59 Å². The van der Waals surface area contributed by atoms with Crippen LogP contribution in [0.1, 0.15) is 32.4 Å². The fourth-order valence-corrected chi connectivity index (χ4v) is 5.42. The lowest BCUT2D eigenvalue weighted by molar-refractivity contribution is -0.144. The lowest BCUT2D eigenvalue weighted by atomic mass is 9.59. The van der Waals surface area contributed by atoms with Crippen molar-refractivity contribution in [1.29, 1.82) is 0 Å². The van der Waals surface area contributed by atoms with E-state index in [0.717, 1.165) is 18.5 Å². The van der Waals surface area contributed by atoms with E-state index >= 15 is 0 Å². The van der Waals surface area contributed by atoms with E-state index < -0.39 is 0 Å². The molecule has 1 aromatic heterocycles. The number of esters is 1. The first kappa shape index (κ1) is 19.0. The Balaban J connectivity index is 1.58. The molecule has 1 aliphatic carbocycles. The summed E-state index contributed by atoms with van der Waals surface area (Å²) in [7, 11) is 0. The van der Waals surface area contributed by atoms with E-state index in [-0.39, 0.29) is 41.8 Å². The van der Waals surface area contributed by atoms with Crippen molar-refractivity contribution in [3.8, 4) is 0 Å². The summed E-state index contributed by atoms with van der Waals surface area (Å²) in [4.78, 5) is 30.9. The average Bonchev–Trinajstić information content (AvgIpc) is 2.99. The van der Waals surface area contributed by atoms with Crippen LogP contribution in [-0.2, 0) is 14.3 Å². The standard InChI is InChI=1S/C22H28N2O4/c1-3-27-22(26)24-11-9-17-15(13-24)12-19-20(14(2)28-21(19)25)18(17)8-7-16-6-4-5-10-23-16/h4-8,10,14-15,17-20H,3,9,11-13H2,1-2H3/t14-,15-,17-,18+,19-,20+/m1/s1. The summed E-state index contributed by atoms with van der Waals surface area (Å²) in [5, 5.41) is 0. The second-order valence-electron chi connectivity index (χ2n) is 8.11. The minimum atomic E-state index is -0.244. The zero-order valence-electron chi connectivity index (χ0n) is 16.5. The third-order valence-corrected chi connectivity index (χ3v) is 6.60. The van der Waals surface area contributed by atoms with Gasteiger partial charge in [-0.25, -0.2) is 4.79 Å². The number of pyridine rings is 1. The third-order valence-electron chi connectivity index (χ3n) is 6.60. The highest BCUT2D eigenvalue weighted by atomic mass is 16.6. The van der Waals surface area contributed by atoms with Gasteiger partial charge >= 0.3 is 12.1 Å². The maximum absolute atomic E-state index is 12.5. The largest absolute Gasteiger partial charge is 0.462 e. The summed E-state index contributed by atoms with van der Waals surface area (Å²) < 4.78 is 10.8. The van der Waals surface area contributed by atoms with Gasteiger partial charge in [-0.1, -0.05) is 12.1 Å². The lowest BCUT2D eigenvalue weighted by Gasteiger charge is -2.48. The molecule has 3 fully saturated rings. The first-order chi connectivity index (χ1) is 13.6. The Kier molecular flexibility index (Phi) is 5.38. The number of likely N-dealkylation sites (tertiary alicyclic amines) is 1. The highest BCUT2D eigenvalue weighted by Crippen LogP contribution is 2.51. The van der Waals surface area contributed by atoms with Crippen LogP contribution in [0.25, 0.3) is 6.08 Å². The minimum Gasteiger partial charge on any atom is -0.462 e. The Hall–Kier alpha value is -2.37. The molecular weight excluding hydrogens is 356 g/mol. The normalized spacial score (nSPS) is 34.6. The number of cyclic esters (lactones) is 1. The summed E-state index contributed by atoms with van der Waals surface area (Å²) in [6.45, 7) is 5.58. The zero-order chi connectivity index (χ0) is 19.7. The second-order valence-corrected chi connectivity index (χ2v) is 8.11. The fraction of sp³-hybridized carbons (Fsp3) is 0.591. The van der Waals surface area contributed by atoms with Crippen LogP contribution in [0.2, 0.25) is 0 Å². The molecule has 0 N–H and O–H groups in total. The average molecular weight is 384 g/mol. The van der Waals surface area contributed by atoms with Crippen LogP contribution in [0.15, 0.2) is 30.5 Å². The van der Waals surface area contributed by atoms with Gasteiger partial charge in [0.2, 0.25) is 0 Å². The van der Waals surface area contributed by atoms with Crippen molar-refractivity contribution in [2.24, 2.45) is 29.6 Å². The summed E-state index contributed by atoms with van der Waals surface area (Å²) in [6, 6.07) is 5.86. The quantitative estimate of drug-likeness (QED) is 0.747. The SMILES string of the molecule is CCOC(=O)N1CC[C@@H]2[C@H](C[C@H]3C(=O)O[C@H](C)[C@H]3[C@H]2C=Cc2ccccn2)C1. The molecule has 1 amide bonds. The van der Waals surface area contributed by atoms with Gasteiger partial charge in [-0.15, -0.1) is 0 Å². The first-order valence-corrected chi connectivity index (χ1v) is 10.3. The van der Waals surface area contributed by atoms with E-state index in [0.29, 0.717) is 25.6 Å². The van der Waals surface area contributed by atoms with Gasteiger partial charge in [-0.05, 0) is 62.7 Å². The number of fused-ring (bicyclic) bond motifs is 2. The number of nitrogens with zero attached hydrogens (tertiary/aromatic N) is 2. The van der Waals surface area contributed by atoms with Gasteiger partial charge in [0.05, 0.1) is 18.2 Å². The number of amides is 1. The van der Waals surface area contributed by atoms with Crippen molar-refractivity contribution in [2.75, 3.05) is 19.7 Å². The molecule has 0 aromatic carbocycles. The van der Waals surface area contributed by atoms with Gasteiger partial charge in [0, 0.05) is 25.2 Å². The molecule has 150 valence electrons. The van der Waals surface area contributed by atoms with E-state index in [2.05, 4.69) is 17.1 Å². The van der Waals surface area contributed by atoms with Crippen LogP contribution in [0, 0.1) is 29.6 Å². The number of rotatable bonds is 3. The third kappa shape index (κ3) is 3.52.